The molecule has 4 rings (SSSR count). The van der Waals surface area contributed by atoms with Crippen LogP contribution in [0.5, 0.6) is 0 Å². The average molecular weight is 374 g/mol. The van der Waals surface area contributed by atoms with E-state index >= 15 is 0 Å². The van der Waals surface area contributed by atoms with Crippen LogP contribution in [0.1, 0.15) is 23.7 Å². The third-order valence-electron chi connectivity index (χ3n) is 5.35. The van der Waals surface area contributed by atoms with Gasteiger partial charge in [0.25, 0.3) is 0 Å². The summed E-state index contributed by atoms with van der Waals surface area (Å²) in [6, 6.07) is 18.6. The summed E-state index contributed by atoms with van der Waals surface area (Å²) < 4.78 is 2.06. The number of aryl methyl sites for hydroxylation is 1. The minimum Gasteiger partial charge on any atom is -0.326 e. The molecule has 5 heteroatoms. The first kappa shape index (κ1) is 18.4. The Bertz CT molecular complexity index is 960. The van der Waals surface area contributed by atoms with Gasteiger partial charge in [-0.15, -0.1) is 0 Å². The first-order valence-electron chi connectivity index (χ1n) is 9.79. The maximum atomic E-state index is 11.2. The zero-order valence-corrected chi connectivity index (χ0v) is 16.5. The van der Waals surface area contributed by atoms with Crippen LogP contribution in [-0.4, -0.2) is 33.7 Å². The van der Waals surface area contributed by atoms with Gasteiger partial charge in [-0.25, -0.2) is 0 Å². The van der Waals surface area contributed by atoms with E-state index in [1.54, 1.807) is 0 Å². The van der Waals surface area contributed by atoms with Gasteiger partial charge in [-0.1, -0.05) is 42.5 Å². The number of fused-ring (bicyclic) bond motifs is 1. The molecule has 2 aromatic carbocycles. The molecule has 0 radical (unpaired) electrons. The highest BCUT2D eigenvalue weighted by molar-refractivity contribution is 5.88. The Morgan fingerprint density at radius 2 is 1.75 bits per heavy atom. The summed E-state index contributed by atoms with van der Waals surface area (Å²) in [5.74, 6) is -0.0409. The molecule has 1 aromatic heterocycles. The van der Waals surface area contributed by atoms with Crippen molar-refractivity contribution in [1.82, 2.24) is 14.7 Å². The van der Waals surface area contributed by atoms with Gasteiger partial charge in [0, 0.05) is 62.5 Å². The van der Waals surface area contributed by atoms with Crippen molar-refractivity contribution in [2.24, 2.45) is 7.05 Å². The molecule has 1 aliphatic heterocycles. The highest BCUT2D eigenvalue weighted by Crippen LogP contribution is 2.28. The van der Waals surface area contributed by atoms with Crippen molar-refractivity contribution < 1.29 is 4.79 Å². The van der Waals surface area contributed by atoms with Gasteiger partial charge in [0.2, 0.25) is 5.91 Å². The van der Waals surface area contributed by atoms with E-state index in [9.17, 15) is 4.79 Å². The molecule has 0 saturated heterocycles. The highest BCUT2D eigenvalue weighted by Gasteiger charge is 2.22. The molecule has 0 fully saturated rings. The van der Waals surface area contributed by atoms with Gasteiger partial charge in [0.05, 0.1) is 5.69 Å². The summed E-state index contributed by atoms with van der Waals surface area (Å²) in [4.78, 5) is 13.7. The Kier molecular flexibility index (Phi) is 5.26. The fraction of sp³-hybridized carbons (Fsp3) is 0.304. The first-order chi connectivity index (χ1) is 13.6. The van der Waals surface area contributed by atoms with E-state index in [0.717, 1.165) is 43.9 Å². The van der Waals surface area contributed by atoms with Crippen molar-refractivity contribution >= 4 is 11.6 Å². The molecule has 0 atom stereocenters. The van der Waals surface area contributed by atoms with E-state index in [2.05, 4.69) is 58.3 Å². The van der Waals surface area contributed by atoms with Crippen LogP contribution in [-0.2, 0) is 31.2 Å². The minimum absolute atomic E-state index is 0.0409. The number of nitrogens with one attached hydrogen (secondary N) is 1. The number of carbonyl (C=O) groups excluding carboxylic acids is 1. The van der Waals surface area contributed by atoms with Gasteiger partial charge < -0.3 is 5.32 Å². The number of aromatic nitrogens is 2. The molecule has 2 heterocycles. The van der Waals surface area contributed by atoms with E-state index < -0.39 is 0 Å². The summed E-state index contributed by atoms with van der Waals surface area (Å²) in [5, 5.41) is 7.63. The smallest absolute Gasteiger partial charge is 0.221 e. The molecule has 0 saturated carbocycles. The Morgan fingerprint density at radius 3 is 2.46 bits per heavy atom. The van der Waals surface area contributed by atoms with Crippen LogP contribution in [0.4, 0.5) is 5.69 Å². The zero-order chi connectivity index (χ0) is 19.5. The van der Waals surface area contributed by atoms with Gasteiger partial charge in [0.1, 0.15) is 0 Å². The lowest BCUT2D eigenvalue weighted by Gasteiger charge is -2.20. The molecule has 0 spiro atoms. The lowest BCUT2D eigenvalue weighted by atomic mass is 10.0. The predicted octanol–water partition coefficient (Wildman–Crippen LogP) is 3.65. The van der Waals surface area contributed by atoms with E-state index in [1.807, 2.05) is 18.2 Å². The van der Waals surface area contributed by atoms with E-state index in [1.165, 1.54) is 29.3 Å². The first-order valence-corrected chi connectivity index (χ1v) is 9.79. The molecule has 3 aromatic rings. The molecule has 1 N–H and O–H groups in total. The van der Waals surface area contributed by atoms with Gasteiger partial charge >= 0.3 is 0 Å². The molecule has 1 aliphatic rings. The molecule has 28 heavy (non-hydrogen) atoms. The van der Waals surface area contributed by atoms with Gasteiger partial charge in [-0.05, 0) is 24.1 Å². The van der Waals surface area contributed by atoms with Crippen molar-refractivity contribution in [3.63, 3.8) is 0 Å². The maximum absolute atomic E-state index is 11.2. The highest BCUT2D eigenvalue weighted by atomic mass is 16.1. The van der Waals surface area contributed by atoms with Crippen LogP contribution in [0.15, 0.2) is 54.6 Å². The Hall–Kier alpha value is -2.92. The van der Waals surface area contributed by atoms with Crippen molar-refractivity contribution in [3.8, 4) is 11.3 Å². The second kappa shape index (κ2) is 7.98. The van der Waals surface area contributed by atoms with Crippen molar-refractivity contribution in [1.29, 1.82) is 0 Å². The zero-order valence-electron chi connectivity index (χ0n) is 16.5. The molecule has 0 aliphatic carbocycles. The maximum Gasteiger partial charge on any atom is 0.221 e. The number of amides is 1. The van der Waals surface area contributed by atoms with Gasteiger partial charge in [-0.2, -0.15) is 5.10 Å². The SMILES string of the molecule is CC(=O)Nc1ccc(CN2CCc3c(-c4ccccc4)nn(C)c3CC2)cc1. The largest absolute Gasteiger partial charge is 0.326 e. The summed E-state index contributed by atoms with van der Waals surface area (Å²) >= 11 is 0. The van der Waals surface area contributed by atoms with Crippen LogP contribution in [0, 0.1) is 0 Å². The Labute approximate surface area is 166 Å². The van der Waals surface area contributed by atoms with E-state index in [4.69, 9.17) is 5.10 Å². The molecule has 144 valence electrons. The van der Waals surface area contributed by atoms with Gasteiger partial charge in [-0.3, -0.25) is 14.4 Å². The number of rotatable bonds is 4. The molecular weight excluding hydrogens is 348 g/mol. The number of benzene rings is 2. The number of hydrogen-bond donors (Lipinski definition) is 1. The third-order valence-corrected chi connectivity index (χ3v) is 5.35. The van der Waals surface area contributed by atoms with Crippen LogP contribution >= 0.6 is 0 Å². The Balaban J connectivity index is 1.47. The quantitative estimate of drug-likeness (QED) is 0.758. The fourth-order valence-electron chi connectivity index (χ4n) is 3.96. The monoisotopic (exact) mass is 374 g/mol. The summed E-state index contributed by atoms with van der Waals surface area (Å²) in [5.41, 5.74) is 7.17. The third kappa shape index (κ3) is 3.99. The molecular formula is C23H26N4O. The predicted molar refractivity (Wildman–Crippen MR) is 112 cm³/mol. The summed E-state index contributed by atoms with van der Waals surface area (Å²) in [7, 11) is 2.06. The second-order valence-electron chi connectivity index (χ2n) is 7.42. The van der Waals surface area contributed by atoms with E-state index in [0.29, 0.717) is 0 Å². The summed E-state index contributed by atoms with van der Waals surface area (Å²) in [6.45, 7) is 4.49. The van der Waals surface area contributed by atoms with Crippen LogP contribution in [0.2, 0.25) is 0 Å². The lowest BCUT2D eigenvalue weighted by Crippen LogP contribution is -2.26. The average Bonchev–Trinajstić information content (AvgIpc) is 2.86. The normalized spacial score (nSPS) is 14.4. The Morgan fingerprint density at radius 1 is 1.04 bits per heavy atom. The number of carbonyl (C=O) groups is 1. The molecule has 1 amide bonds. The topological polar surface area (TPSA) is 50.2 Å². The number of nitrogens with zero attached hydrogens (tertiary/aromatic N) is 3. The van der Waals surface area contributed by atoms with Crippen molar-refractivity contribution in [2.45, 2.75) is 26.3 Å². The molecule has 0 bridgehead atoms. The molecule has 0 unspecified atom stereocenters. The lowest BCUT2D eigenvalue weighted by molar-refractivity contribution is -0.114. The fourth-order valence-corrected chi connectivity index (χ4v) is 3.96. The van der Waals surface area contributed by atoms with Crippen molar-refractivity contribution in [3.05, 3.63) is 71.4 Å². The van der Waals surface area contributed by atoms with Crippen LogP contribution in [0.25, 0.3) is 11.3 Å². The van der Waals surface area contributed by atoms with E-state index in [-0.39, 0.29) is 5.91 Å². The standard InChI is InChI=1S/C23H26N4O/c1-17(28)24-20-10-8-18(9-11-20)16-27-14-12-21-22(13-15-27)26(2)25-23(21)19-6-4-3-5-7-19/h3-11H,12-16H2,1-2H3,(H,24,28). The summed E-state index contributed by atoms with van der Waals surface area (Å²) in [6.07, 6.45) is 2.02. The van der Waals surface area contributed by atoms with Gasteiger partial charge in [0.15, 0.2) is 0 Å². The number of anilines is 1. The number of hydrogen-bond acceptors (Lipinski definition) is 3. The van der Waals surface area contributed by atoms with Crippen molar-refractivity contribution in [2.75, 3.05) is 18.4 Å². The van der Waals surface area contributed by atoms with Crippen LogP contribution in [0.3, 0.4) is 0 Å². The second-order valence-corrected chi connectivity index (χ2v) is 7.42. The van der Waals surface area contributed by atoms with Crippen LogP contribution < -0.4 is 5.32 Å². The minimum atomic E-state index is -0.0409. The molecule has 5 nitrogen and oxygen atoms in total.